The highest BCUT2D eigenvalue weighted by molar-refractivity contribution is 9.10. The number of carbonyl (C=O) groups excluding carboxylic acids is 1. The van der Waals surface area contributed by atoms with Crippen molar-refractivity contribution < 1.29 is 37.4 Å². The number of carbonyl (C=O) groups is 1. The van der Waals surface area contributed by atoms with Crippen molar-refractivity contribution in [3.05, 3.63) is 48.2 Å². The first-order valence-corrected chi connectivity index (χ1v) is 14.3. The van der Waals surface area contributed by atoms with Crippen LogP contribution in [0.4, 0.5) is 16.2 Å². The lowest BCUT2D eigenvalue weighted by Crippen LogP contribution is -2.39. The maximum atomic E-state index is 15.8. The minimum atomic E-state index is -4.27. The molecule has 1 aliphatic heterocycles. The van der Waals surface area contributed by atoms with Crippen LogP contribution in [0.25, 0.3) is 5.52 Å². The van der Waals surface area contributed by atoms with Crippen molar-refractivity contribution >= 4 is 46.9 Å². The summed E-state index contributed by atoms with van der Waals surface area (Å²) in [5.41, 5.74) is 12.1. The fraction of sp³-hybridized carbons (Fsp3) is 0.435. The molecule has 2 aromatic heterocycles. The average Bonchev–Trinajstić information content (AvgIpc) is 3.39. The molecule has 1 fully saturated rings. The van der Waals surface area contributed by atoms with Gasteiger partial charge in [-0.25, -0.2) is 13.5 Å². The summed E-state index contributed by atoms with van der Waals surface area (Å²) in [7, 11) is -4.27. The lowest BCUT2D eigenvalue weighted by atomic mass is 10.1. The number of ether oxygens (including phenoxy) is 2. The molecule has 4 rings (SSSR count). The molecule has 0 radical (unpaired) electrons. The van der Waals surface area contributed by atoms with E-state index < -0.39 is 49.3 Å². The summed E-state index contributed by atoms with van der Waals surface area (Å²) in [4.78, 5) is 16.2. The van der Waals surface area contributed by atoms with Crippen LogP contribution in [0.3, 0.4) is 0 Å². The number of anilines is 2. The molecule has 16 heteroatoms. The Morgan fingerprint density at radius 2 is 2.05 bits per heavy atom. The zero-order valence-electron chi connectivity index (χ0n) is 21.1. The number of esters is 1. The van der Waals surface area contributed by atoms with Crippen molar-refractivity contribution in [1.29, 1.82) is 0 Å². The molecular formula is C23H29BrFN6O7P. The minimum Gasteiger partial charge on any atom is -0.465 e. The van der Waals surface area contributed by atoms with Gasteiger partial charge in [-0.05, 0) is 53.5 Å². The predicted octanol–water partition coefficient (Wildman–Crippen LogP) is 2.89. The lowest BCUT2D eigenvalue weighted by Gasteiger charge is -2.24. The number of nitrogens with one attached hydrogen (secondary N) is 1. The maximum Gasteiger partial charge on any atom is 0.459 e. The third-order valence-corrected chi connectivity index (χ3v) is 8.32. The Labute approximate surface area is 231 Å². The zero-order chi connectivity index (χ0) is 28.4. The molecule has 0 amide bonds. The molecule has 3 heterocycles. The van der Waals surface area contributed by atoms with Crippen molar-refractivity contribution in [2.45, 2.75) is 49.2 Å². The van der Waals surface area contributed by atoms with Gasteiger partial charge < -0.3 is 30.6 Å². The Balaban J connectivity index is 1.54. The largest absolute Gasteiger partial charge is 0.465 e. The van der Waals surface area contributed by atoms with E-state index >= 15 is 4.39 Å². The summed E-state index contributed by atoms with van der Waals surface area (Å²) in [6, 6.07) is 10.1. The minimum absolute atomic E-state index is 0.0721. The molecule has 1 aliphatic rings. The first-order chi connectivity index (χ1) is 18.4. The third kappa shape index (κ3) is 6.34. The molecule has 6 N–H and O–H groups in total. The van der Waals surface area contributed by atoms with Crippen molar-refractivity contribution in [1.82, 2.24) is 19.7 Å². The van der Waals surface area contributed by atoms with Crippen LogP contribution in [0, 0.1) is 0 Å². The molecule has 0 spiro atoms. The highest BCUT2D eigenvalue weighted by atomic mass is 79.9. The number of nitrogen functional groups attached to an aromatic ring is 2. The number of aliphatic hydroxyl groups is 1. The standard InChI is InChI=1S/C23H29BrFN6O7P/c1-3-11-35-21(33)13(2)30-39(34,38-14-7-5-4-6-8-14)36-12-17-18(32)23(24,25)19(37-17)15-9-10-16-20(26)28-22(27)29-31(15)16/h4-10,13,17-19,32H,3,11-12H2,1-2H3,(H,30,34)(H4,26,27,28,29)/t13-,17+,18?,19-,23+,39?/m0/s1. The molecule has 0 bridgehead atoms. The second-order valence-corrected chi connectivity index (χ2v) is 11.7. The Bertz CT molecular complexity index is 1360. The van der Waals surface area contributed by atoms with Gasteiger partial charge in [0.15, 0.2) is 5.82 Å². The van der Waals surface area contributed by atoms with E-state index in [-0.39, 0.29) is 29.8 Å². The van der Waals surface area contributed by atoms with E-state index in [1.165, 1.54) is 29.6 Å². The fourth-order valence-electron chi connectivity index (χ4n) is 3.89. The van der Waals surface area contributed by atoms with Crippen LogP contribution in [0.15, 0.2) is 42.5 Å². The van der Waals surface area contributed by atoms with Crippen LogP contribution in [0.1, 0.15) is 32.1 Å². The van der Waals surface area contributed by atoms with Crippen LogP contribution < -0.4 is 21.1 Å². The van der Waals surface area contributed by atoms with Gasteiger partial charge in [-0.15, -0.1) is 5.10 Å². The number of fused-ring (bicyclic) bond motifs is 1. The molecule has 1 saturated heterocycles. The van der Waals surface area contributed by atoms with Crippen LogP contribution in [-0.2, 0) is 23.4 Å². The van der Waals surface area contributed by atoms with Crippen LogP contribution >= 0.6 is 23.7 Å². The predicted molar refractivity (Wildman–Crippen MR) is 143 cm³/mol. The quantitative estimate of drug-likeness (QED) is 0.138. The Kier molecular flexibility index (Phi) is 8.78. The number of hydrogen-bond donors (Lipinski definition) is 4. The molecule has 1 aromatic carbocycles. The summed E-state index contributed by atoms with van der Waals surface area (Å²) in [5, 5.41) is 17.4. The van der Waals surface area contributed by atoms with Gasteiger partial charge in [0, 0.05) is 0 Å². The number of nitrogens with zero attached hydrogens (tertiary/aromatic N) is 3. The number of para-hydroxylation sites is 1. The summed E-state index contributed by atoms with van der Waals surface area (Å²) < 4.78 is 50.3. The Morgan fingerprint density at radius 1 is 1.33 bits per heavy atom. The number of nitrogens with two attached hydrogens (primary N) is 2. The zero-order valence-corrected chi connectivity index (χ0v) is 23.5. The monoisotopic (exact) mass is 630 g/mol. The maximum absolute atomic E-state index is 15.8. The molecule has 39 heavy (non-hydrogen) atoms. The van der Waals surface area contributed by atoms with E-state index in [0.29, 0.717) is 11.9 Å². The van der Waals surface area contributed by atoms with E-state index in [0.717, 1.165) is 0 Å². The molecular weight excluding hydrogens is 602 g/mol. The van der Waals surface area contributed by atoms with Crippen molar-refractivity contribution in [2.75, 3.05) is 24.7 Å². The number of aliphatic hydroxyl groups excluding tert-OH is 1. The van der Waals surface area contributed by atoms with Gasteiger partial charge in [-0.1, -0.05) is 25.1 Å². The Morgan fingerprint density at radius 3 is 2.74 bits per heavy atom. The SMILES string of the molecule is CCCOC(=O)[C@H](C)NP(=O)(OC[C@H]1O[C@@H](c2ccc3c(N)nc(N)nn23)[C@@](F)(Br)C1O)Oc1ccccc1. The van der Waals surface area contributed by atoms with Crippen molar-refractivity contribution in [3.8, 4) is 5.75 Å². The number of benzene rings is 1. The van der Waals surface area contributed by atoms with Gasteiger partial charge >= 0.3 is 13.7 Å². The highest BCUT2D eigenvalue weighted by Gasteiger charge is 2.57. The molecule has 13 nitrogen and oxygen atoms in total. The molecule has 212 valence electrons. The molecule has 2 unspecified atom stereocenters. The molecule has 6 atom stereocenters. The van der Waals surface area contributed by atoms with Gasteiger partial charge in [0.2, 0.25) is 10.5 Å². The lowest BCUT2D eigenvalue weighted by molar-refractivity contribution is -0.145. The molecule has 0 aliphatic carbocycles. The van der Waals surface area contributed by atoms with Crippen LogP contribution in [0.2, 0.25) is 0 Å². The number of aromatic nitrogens is 3. The number of alkyl halides is 2. The first kappa shape index (κ1) is 29.2. The smallest absolute Gasteiger partial charge is 0.459 e. The van der Waals surface area contributed by atoms with E-state index in [2.05, 4.69) is 31.1 Å². The van der Waals surface area contributed by atoms with Gasteiger partial charge in [-0.2, -0.15) is 10.1 Å². The number of hydrogen-bond acceptors (Lipinski definition) is 11. The normalized spacial score (nSPS) is 25.3. The summed E-state index contributed by atoms with van der Waals surface area (Å²) in [5.74, 6) is -0.559. The van der Waals surface area contributed by atoms with E-state index in [9.17, 15) is 14.5 Å². The molecule has 3 aromatic rings. The highest BCUT2D eigenvalue weighted by Crippen LogP contribution is 2.51. The molecule has 0 saturated carbocycles. The second kappa shape index (κ2) is 11.7. The average molecular weight is 631 g/mol. The Hall–Kier alpha value is -2.81. The van der Waals surface area contributed by atoms with E-state index in [4.69, 9.17) is 30.0 Å². The van der Waals surface area contributed by atoms with Crippen molar-refractivity contribution in [3.63, 3.8) is 0 Å². The van der Waals surface area contributed by atoms with Gasteiger partial charge in [0.05, 0.1) is 18.9 Å². The first-order valence-electron chi connectivity index (χ1n) is 12.0. The fourth-order valence-corrected chi connectivity index (χ4v) is 6.03. The number of rotatable bonds is 11. The third-order valence-electron chi connectivity index (χ3n) is 5.79. The van der Waals surface area contributed by atoms with Crippen molar-refractivity contribution in [2.24, 2.45) is 0 Å². The second-order valence-electron chi connectivity index (χ2n) is 8.80. The summed E-state index contributed by atoms with van der Waals surface area (Å²) in [6.45, 7) is 2.87. The van der Waals surface area contributed by atoms with E-state index in [1.807, 2.05) is 6.92 Å². The van der Waals surface area contributed by atoms with Crippen LogP contribution in [0.5, 0.6) is 5.75 Å². The summed E-state index contributed by atoms with van der Waals surface area (Å²) in [6.07, 6.45) is -3.90. The van der Waals surface area contributed by atoms with Gasteiger partial charge in [-0.3, -0.25) is 9.32 Å². The van der Waals surface area contributed by atoms with Crippen LogP contribution in [-0.4, -0.2) is 61.7 Å². The summed E-state index contributed by atoms with van der Waals surface area (Å²) >= 11 is 2.92. The van der Waals surface area contributed by atoms with E-state index in [1.54, 1.807) is 24.3 Å². The van der Waals surface area contributed by atoms with Gasteiger partial charge in [0.25, 0.3) is 0 Å². The van der Waals surface area contributed by atoms with Gasteiger partial charge in [0.1, 0.15) is 35.6 Å². The topological polar surface area (TPSA) is 186 Å². The number of halogens is 2.